The van der Waals surface area contributed by atoms with Gasteiger partial charge in [-0.05, 0) is 18.4 Å². The third-order valence-electron chi connectivity index (χ3n) is 4.81. The Morgan fingerprint density at radius 2 is 1.41 bits per heavy atom. The van der Waals surface area contributed by atoms with Crippen LogP contribution in [-0.2, 0) is 21.8 Å². The number of benzene rings is 1. The molecule has 0 radical (unpaired) electrons. The molecule has 122 valence electrons. The first-order valence-electron chi connectivity index (χ1n) is 8.69. The molecule has 2 aliphatic carbocycles. The van der Waals surface area contributed by atoms with E-state index in [0.717, 1.165) is 12.5 Å². The molecule has 4 rings (SSSR count). The average Bonchev–Trinajstić information content (AvgIpc) is 3.30. The number of rotatable bonds is 2. The summed E-state index contributed by atoms with van der Waals surface area (Å²) in [6, 6.07) is 10.7. The van der Waals surface area contributed by atoms with Crippen LogP contribution in [0.25, 0.3) is 0 Å². The Bertz CT molecular complexity index is 442. The summed E-state index contributed by atoms with van der Waals surface area (Å²) in [6.45, 7) is 0.732. The molecule has 2 saturated carbocycles. The van der Waals surface area contributed by atoms with E-state index in [1.165, 1.54) is 63.4 Å². The first-order valence-corrected chi connectivity index (χ1v) is 8.69. The second kappa shape index (κ2) is 9.37. The molecule has 0 saturated heterocycles. The van der Waals surface area contributed by atoms with Crippen LogP contribution >= 0.6 is 0 Å². The first-order chi connectivity index (χ1) is 10.4. The summed E-state index contributed by atoms with van der Waals surface area (Å²) in [6.07, 6.45) is 12.7. The average molecular weight is 341 g/mol. The topological polar surface area (TPSA) is 21.6 Å². The summed E-state index contributed by atoms with van der Waals surface area (Å²) in [5, 5.41) is 0. The minimum atomic E-state index is 0. The summed E-state index contributed by atoms with van der Waals surface area (Å²) in [5.74, 6) is 1.63. The zero-order valence-electron chi connectivity index (χ0n) is 13.3. The van der Waals surface area contributed by atoms with Gasteiger partial charge in [0.1, 0.15) is 12.6 Å². The van der Waals surface area contributed by atoms with Gasteiger partial charge in [0.05, 0.1) is 0 Å². The molecule has 1 aromatic carbocycles. The van der Waals surface area contributed by atoms with Gasteiger partial charge in [0.2, 0.25) is 0 Å². The minimum absolute atomic E-state index is 0. The fourth-order valence-electron chi connectivity index (χ4n) is 3.52. The second-order valence-electron chi connectivity index (χ2n) is 6.45. The molecule has 2 nitrogen and oxygen atoms in total. The van der Waals surface area contributed by atoms with Crippen molar-refractivity contribution in [1.29, 1.82) is 0 Å². The monoisotopic (exact) mass is 341 g/mol. The number of nitrogens with zero attached hydrogens (tertiary/aromatic N) is 1. The van der Waals surface area contributed by atoms with Crippen LogP contribution in [0.5, 0.6) is 0 Å². The van der Waals surface area contributed by atoms with Gasteiger partial charge >= 0.3 is 0 Å². The van der Waals surface area contributed by atoms with Gasteiger partial charge in [-0.3, -0.25) is 0 Å². The molecule has 2 fully saturated rings. The molecule has 3 heteroatoms. The van der Waals surface area contributed by atoms with Gasteiger partial charge in [-0.25, -0.2) is 4.99 Å². The Morgan fingerprint density at radius 3 is 2.00 bits per heavy atom. The number of hydrogen-bond acceptors (Lipinski definition) is 2. The van der Waals surface area contributed by atoms with Crippen LogP contribution in [0.3, 0.4) is 0 Å². The molecule has 0 bridgehead atoms. The van der Waals surface area contributed by atoms with E-state index < -0.39 is 0 Å². The molecular formula is C19H27FeNO. The van der Waals surface area contributed by atoms with Crippen molar-refractivity contribution in [2.24, 2.45) is 10.9 Å². The van der Waals surface area contributed by atoms with Crippen molar-refractivity contribution >= 4 is 5.90 Å². The predicted molar refractivity (Wildman–Crippen MR) is 87.6 cm³/mol. The van der Waals surface area contributed by atoms with E-state index in [2.05, 4.69) is 24.3 Å². The Kier molecular flexibility index (Phi) is 7.48. The smallest absolute Gasteiger partial charge is 0.187 e. The summed E-state index contributed by atoms with van der Waals surface area (Å²) in [7, 11) is 0. The van der Waals surface area contributed by atoms with Crippen LogP contribution < -0.4 is 0 Å². The number of aliphatic imine (C=N–C) groups is 1. The quantitative estimate of drug-likeness (QED) is 0.670. The van der Waals surface area contributed by atoms with Crippen molar-refractivity contribution in [2.75, 3.05) is 6.61 Å². The molecule has 3 aliphatic rings. The van der Waals surface area contributed by atoms with Crippen LogP contribution in [-0.4, -0.2) is 12.5 Å². The maximum Gasteiger partial charge on any atom is 0.187 e. The Labute approximate surface area is 145 Å². The SMILES string of the molecule is C1CCCC1.[Fe].c1ccc([C@@H]2COC(C3CCCC3)=N2)cc1. The second-order valence-corrected chi connectivity index (χ2v) is 6.45. The fourth-order valence-corrected chi connectivity index (χ4v) is 3.52. The minimum Gasteiger partial charge on any atom is -0.478 e. The largest absolute Gasteiger partial charge is 0.478 e. The van der Waals surface area contributed by atoms with Gasteiger partial charge < -0.3 is 4.74 Å². The van der Waals surface area contributed by atoms with Gasteiger partial charge in [-0.1, -0.05) is 75.3 Å². The van der Waals surface area contributed by atoms with E-state index >= 15 is 0 Å². The van der Waals surface area contributed by atoms with Crippen molar-refractivity contribution in [1.82, 2.24) is 0 Å². The molecule has 0 aromatic heterocycles. The van der Waals surface area contributed by atoms with Crippen molar-refractivity contribution in [2.45, 2.75) is 63.8 Å². The summed E-state index contributed by atoms with van der Waals surface area (Å²) in [4.78, 5) is 4.73. The van der Waals surface area contributed by atoms with Crippen LogP contribution in [0.4, 0.5) is 0 Å². The van der Waals surface area contributed by atoms with Gasteiger partial charge in [0.25, 0.3) is 0 Å². The van der Waals surface area contributed by atoms with Crippen LogP contribution in [0, 0.1) is 5.92 Å². The molecule has 1 aliphatic heterocycles. The molecule has 0 spiro atoms. The Morgan fingerprint density at radius 1 is 0.818 bits per heavy atom. The van der Waals surface area contributed by atoms with Gasteiger partial charge in [0.15, 0.2) is 5.90 Å². The molecule has 1 aromatic rings. The molecule has 1 atom stereocenters. The van der Waals surface area contributed by atoms with E-state index in [-0.39, 0.29) is 23.1 Å². The van der Waals surface area contributed by atoms with E-state index in [0.29, 0.717) is 5.92 Å². The molecule has 0 N–H and O–H groups in total. The van der Waals surface area contributed by atoms with E-state index in [9.17, 15) is 0 Å². The van der Waals surface area contributed by atoms with Crippen molar-refractivity contribution in [3.8, 4) is 0 Å². The van der Waals surface area contributed by atoms with Crippen LogP contribution in [0.2, 0.25) is 0 Å². The normalized spacial score (nSPS) is 24.0. The van der Waals surface area contributed by atoms with Crippen LogP contribution in [0.1, 0.15) is 69.4 Å². The van der Waals surface area contributed by atoms with E-state index in [1.807, 2.05) is 6.07 Å². The van der Waals surface area contributed by atoms with Crippen molar-refractivity contribution < 1.29 is 21.8 Å². The van der Waals surface area contributed by atoms with Gasteiger partial charge in [0, 0.05) is 23.0 Å². The van der Waals surface area contributed by atoms with Gasteiger partial charge in [-0.15, -0.1) is 0 Å². The zero-order chi connectivity index (χ0) is 14.3. The third-order valence-corrected chi connectivity index (χ3v) is 4.81. The Balaban J connectivity index is 0.000000253. The molecular weight excluding hydrogens is 314 g/mol. The Hall–Kier alpha value is -0.791. The first kappa shape index (κ1) is 17.6. The summed E-state index contributed by atoms with van der Waals surface area (Å²) < 4.78 is 5.75. The number of hydrogen-bond donors (Lipinski definition) is 0. The van der Waals surface area contributed by atoms with Gasteiger partial charge in [-0.2, -0.15) is 0 Å². The molecule has 22 heavy (non-hydrogen) atoms. The standard InChI is InChI=1S/C14H17NO.C5H10.Fe/c1-2-6-11(7-3-1)13-10-16-14(15-13)12-8-4-5-9-12;1-2-4-5-3-1;/h1-3,6-7,12-13H,4-5,8-10H2;1-5H2;/t13-;;/m0../s1. The molecule has 1 heterocycles. The van der Waals surface area contributed by atoms with E-state index in [1.54, 1.807) is 0 Å². The third kappa shape index (κ3) is 4.86. The van der Waals surface area contributed by atoms with Crippen molar-refractivity contribution in [3.05, 3.63) is 35.9 Å². The van der Waals surface area contributed by atoms with Crippen molar-refractivity contribution in [3.63, 3.8) is 0 Å². The maximum atomic E-state index is 5.75. The number of ether oxygens (including phenoxy) is 1. The molecule has 0 unspecified atom stereocenters. The maximum absolute atomic E-state index is 5.75. The fraction of sp³-hybridized carbons (Fsp3) is 0.632. The summed E-state index contributed by atoms with van der Waals surface area (Å²) in [5.41, 5.74) is 1.27. The van der Waals surface area contributed by atoms with E-state index in [4.69, 9.17) is 9.73 Å². The van der Waals surface area contributed by atoms with Crippen LogP contribution in [0.15, 0.2) is 35.3 Å². The predicted octanol–water partition coefficient (Wildman–Crippen LogP) is 5.29. The summed E-state index contributed by atoms with van der Waals surface area (Å²) >= 11 is 0. The zero-order valence-corrected chi connectivity index (χ0v) is 14.4. The molecule has 0 amide bonds.